The van der Waals surface area contributed by atoms with Gasteiger partial charge in [-0.2, -0.15) is 0 Å². The molecule has 0 aromatic heterocycles. The van der Waals surface area contributed by atoms with E-state index in [1.807, 2.05) is 0 Å². The van der Waals surface area contributed by atoms with E-state index in [9.17, 15) is 0 Å². The molecule has 0 bridgehead atoms. The van der Waals surface area contributed by atoms with Gasteiger partial charge >= 0.3 is 0 Å². The summed E-state index contributed by atoms with van der Waals surface area (Å²) >= 11 is 0. The topological polar surface area (TPSA) is 18.5 Å². The van der Waals surface area contributed by atoms with Gasteiger partial charge < -0.3 is 9.47 Å². The van der Waals surface area contributed by atoms with Crippen molar-refractivity contribution in [3.8, 4) is 11.5 Å². The first-order valence-electron chi connectivity index (χ1n) is 34.2. The Balaban J connectivity index is 1.15. The van der Waals surface area contributed by atoms with E-state index in [0.29, 0.717) is 13.2 Å². The van der Waals surface area contributed by atoms with E-state index in [-0.39, 0.29) is 0 Å². The Morgan fingerprint density at radius 2 is 0.405 bits per heavy atom. The van der Waals surface area contributed by atoms with E-state index in [1.54, 1.807) is 0 Å². The zero-order valence-electron chi connectivity index (χ0n) is 52.6. The van der Waals surface area contributed by atoms with Crippen LogP contribution in [-0.4, -0.2) is 13.2 Å². The Labute approximate surface area is 514 Å². The van der Waals surface area contributed by atoms with Crippen LogP contribution in [-0.2, 0) is 12.3 Å². The molecule has 0 saturated carbocycles. The third kappa shape index (κ3) is 21.7. The molecule has 0 atom stereocenters. The largest absolute Gasteiger partial charge is 0.493 e. The summed E-state index contributed by atoms with van der Waals surface area (Å²) in [5, 5.41) is 8.29. The van der Waals surface area contributed by atoms with E-state index >= 15 is 0 Å². The smallest absolute Gasteiger partial charge is 0.126 e. The van der Waals surface area contributed by atoms with Crippen molar-refractivity contribution in [2.24, 2.45) is 0 Å². The summed E-state index contributed by atoms with van der Waals surface area (Å²) in [5.41, 5.74) is 2.48. The predicted octanol–water partition coefficient (Wildman–Crippen LogP) is 22.0. The summed E-state index contributed by atoms with van der Waals surface area (Å²) in [7, 11) is -4.59. The van der Waals surface area contributed by atoms with Gasteiger partial charge in [0.25, 0.3) is 0 Å². The minimum atomic E-state index is -2.29. The SMILES string of the molecule is CCCCCCCCCCCCCCCCCCOc1cc(C[P+](c2ccccc2)(c2ccccc2)c2ccccc2)c(OCCCCCCCCCCCCCCCCCC)cc1C[P+](c1ccccc1)(c1ccccc1)c1ccccc1. The third-order valence-electron chi connectivity index (χ3n) is 17.8. The van der Waals surface area contributed by atoms with Crippen LogP contribution in [0.2, 0.25) is 0 Å². The number of unbranched alkanes of at least 4 members (excludes halogenated alkanes) is 30. The maximum Gasteiger partial charge on any atom is 0.126 e. The second-order valence-electron chi connectivity index (χ2n) is 24.3. The van der Waals surface area contributed by atoms with Gasteiger partial charge in [0.2, 0.25) is 0 Å². The van der Waals surface area contributed by atoms with Gasteiger partial charge in [-0.25, -0.2) is 0 Å². The van der Waals surface area contributed by atoms with Crippen molar-refractivity contribution in [2.45, 2.75) is 232 Å². The summed E-state index contributed by atoms with van der Waals surface area (Å²) in [5.74, 6) is 2.03. The van der Waals surface area contributed by atoms with E-state index in [1.165, 1.54) is 236 Å². The summed E-state index contributed by atoms with van der Waals surface area (Å²) in [4.78, 5) is 0. The van der Waals surface area contributed by atoms with E-state index in [2.05, 4.69) is 208 Å². The number of ether oxygens (including phenoxy) is 2. The molecule has 2 nitrogen and oxygen atoms in total. The van der Waals surface area contributed by atoms with Crippen molar-refractivity contribution in [2.75, 3.05) is 13.2 Å². The van der Waals surface area contributed by atoms with Crippen LogP contribution in [0.25, 0.3) is 0 Å². The molecule has 0 heterocycles. The fraction of sp³-hybridized carbons (Fsp3) is 0.475. The number of benzene rings is 7. The van der Waals surface area contributed by atoms with E-state index in [4.69, 9.17) is 9.47 Å². The molecular weight excluding hydrogens is 1050 g/mol. The molecule has 0 fully saturated rings. The summed E-state index contributed by atoms with van der Waals surface area (Å²) in [6, 6.07) is 73.3. The molecule has 7 aromatic rings. The van der Waals surface area contributed by atoms with Crippen LogP contribution in [0.3, 0.4) is 0 Å². The highest BCUT2D eigenvalue weighted by atomic mass is 31.2. The zero-order chi connectivity index (χ0) is 58.3. The average molecular weight is 1170 g/mol. The second-order valence-corrected chi connectivity index (χ2v) is 31.3. The molecule has 0 amide bonds. The van der Waals surface area contributed by atoms with Crippen molar-refractivity contribution in [1.82, 2.24) is 0 Å². The highest BCUT2D eigenvalue weighted by molar-refractivity contribution is 7.95. The van der Waals surface area contributed by atoms with Gasteiger partial charge in [0.15, 0.2) is 0 Å². The van der Waals surface area contributed by atoms with Crippen molar-refractivity contribution in [3.05, 3.63) is 205 Å². The maximum atomic E-state index is 7.35. The molecule has 4 heteroatoms. The van der Waals surface area contributed by atoms with Crippen LogP contribution >= 0.6 is 14.5 Å². The molecule has 0 unspecified atom stereocenters. The molecule has 84 heavy (non-hydrogen) atoms. The van der Waals surface area contributed by atoms with Gasteiger partial charge in [-0.1, -0.05) is 316 Å². The predicted molar refractivity (Wildman–Crippen MR) is 374 cm³/mol. The molecule has 7 aromatic carbocycles. The molecule has 0 spiro atoms. The summed E-state index contributed by atoms with van der Waals surface area (Å²) in [6.45, 7) is 6.02. The summed E-state index contributed by atoms with van der Waals surface area (Å²) < 4.78 is 14.7. The molecular formula is C80H110O2P2+2. The van der Waals surface area contributed by atoms with Gasteiger partial charge in [0.1, 0.15) is 70.2 Å². The average Bonchev–Trinajstić information content (AvgIpc) is 1.09. The van der Waals surface area contributed by atoms with E-state index < -0.39 is 14.5 Å². The van der Waals surface area contributed by atoms with Gasteiger partial charge in [-0.3, -0.25) is 0 Å². The molecule has 7 rings (SSSR count). The van der Waals surface area contributed by atoms with Crippen LogP contribution in [0.4, 0.5) is 0 Å². The van der Waals surface area contributed by atoms with Crippen LogP contribution in [0.5, 0.6) is 11.5 Å². The van der Waals surface area contributed by atoms with Crippen LogP contribution < -0.4 is 41.3 Å². The molecule has 0 aliphatic rings. The number of hydrogen-bond donors (Lipinski definition) is 0. The van der Waals surface area contributed by atoms with Crippen LogP contribution in [0.15, 0.2) is 194 Å². The molecule has 0 N–H and O–H groups in total. The van der Waals surface area contributed by atoms with E-state index in [0.717, 1.165) is 36.7 Å². The van der Waals surface area contributed by atoms with Crippen molar-refractivity contribution in [3.63, 3.8) is 0 Å². The Morgan fingerprint density at radius 1 is 0.226 bits per heavy atom. The van der Waals surface area contributed by atoms with Crippen molar-refractivity contribution in [1.29, 1.82) is 0 Å². The Morgan fingerprint density at radius 3 is 0.595 bits per heavy atom. The van der Waals surface area contributed by atoms with Gasteiger partial charge in [0.05, 0.1) is 13.2 Å². The Bertz CT molecular complexity index is 2330. The standard InChI is InChI=1S/C80H110O2P2/c1-3-5-7-9-11-13-15-17-19-21-23-25-27-29-31-51-65-81-79-67-72(70-84(76-59-45-36-46-60-76,77-61-47-37-48-62-77)78-63-49-38-50-64-78)80(82-66-52-32-30-28-26-24-22-20-18-16-14-12-10-8-6-4-2)68-71(79)69-83(73-53-39-33-40-54-73,74-55-41-34-42-56-74)75-57-43-35-44-58-75/h33-50,53-64,67-68H,3-32,51-52,65-66,69-70H2,1-2H3/q+2. The first-order chi connectivity index (χ1) is 41.7. The number of hydrogen-bond acceptors (Lipinski definition) is 2. The Kier molecular flexibility index (Phi) is 32.0. The lowest BCUT2D eigenvalue weighted by molar-refractivity contribution is 0.292. The maximum absolute atomic E-state index is 7.35. The normalized spacial score (nSPS) is 11.7. The highest BCUT2D eigenvalue weighted by Gasteiger charge is 2.48. The van der Waals surface area contributed by atoms with Gasteiger partial charge in [-0.05, 0) is 97.8 Å². The quantitative estimate of drug-likeness (QED) is 0.0280. The molecule has 0 aliphatic heterocycles. The second kappa shape index (κ2) is 40.4. The fourth-order valence-electron chi connectivity index (χ4n) is 12.9. The third-order valence-corrected chi connectivity index (χ3v) is 26.5. The molecule has 0 saturated heterocycles. The molecule has 0 radical (unpaired) electrons. The zero-order valence-corrected chi connectivity index (χ0v) is 54.4. The van der Waals surface area contributed by atoms with Gasteiger partial charge in [-0.15, -0.1) is 0 Å². The first-order valence-corrected chi connectivity index (χ1v) is 38.1. The first kappa shape index (κ1) is 66.5. The highest BCUT2D eigenvalue weighted by Crippen LogP contribution is 2.62. The van der Waals surface area contributed by atoms with Crippen molar-refractivity contribution < 1.29 is 9.47 Å². The van der Waals surface area contributed by atoms with Crippen molar-refractivity contribution >= 4 is 46.4 Å². The lowest BCUT2D eigenvalue weighted by atomic mass is 10.0. The molecule has 0 aliphatic carbocycles. The lowest BCUT2D eigenvalue weighted by Gasteiger charge is -2.30. The minimum absolute atomic E-state index is 0.702. The molecule has 450 valence electrons. The minimum Gasteiger partial charge on any atom is -0.493 e. The van der Waals surface area contributed by atoms with Crippen LogP contribution in [0.1, 0.15) is 230 Å². The van der Waals surface area contributed by atoms with Gasteiger partial charge in [0, 0.05) is 11.1 Å². The van der Waals surface area contributed by atoms with Crippen LogP contribution in [0, 0.1) is 0 Å². The number of rotatable bonds is 46. The summed E-state index contributed by atoms with van der Waals surface area (Å²) in [6.07, 6.45) is 45.0. The monoisotopic (exact) mass is 1160 g/mol. The lowest BCUT2D eigenvalue weighted by Crippen LogP contribution is -2.33. The Hall–Kier alpha value is -5.00. The fourth-order valence-corrected chi connectivity index (χ4v) is 21.4.